The van der Waals surface area contributed by atoms with Gasteiger partial charge >= 0.3 is 0 Å². The maximum atomic E-state index is 4.13. The Bertz CT molecular complexity index is 453. The third-order valence-corrected chi connectivity index (χ3v) is 3.26. The highest BCUT2D eigenvalue weighted by Gasteiger charge is 2.01. The van der Waals surface area contributed by atoms with Gasteiger partial charge in [0.25, 0.3) is 0 Å². The molecule has 0 radical (unpaired) electrons. The van der Waals surface area contributed by atoms with Crippen molar-refractivity contribution in [2.75, 3.05) is 7.05 Å². The van der Waals surface area contributed by atoms with Crippen LogP contribution in [0.2, 0.25) is 0 Å². The molecule has 0 saturated carbocycles. The molecule has 0 atom stereocenters. The number of aromatic nitrogens is 1. The van der Waals surface area contributed by atoms with Crippen LogP contribution in [0.25, 0.3) is 0 Å². The van der Waals surface area contributed by atoms with Gasteiger partial charge in [0.2, 0.25) is 0 Å². The summed E-state index contributed by atoms with van der Waals surface area (Å²) in [6, 6.07) is 12.7. The Hall–Kier alpha value is -0.940. The van der Waals surface area contributed by atoms with Crippen LogP contribution in [0.15, 0.2) is 48.8 Å². The van der Waals surface area contributed by atoms with Crippen LogP contribution >= 0.6 is 22.6 Å². The molecule has 0 bridgehead atoms. The Kier molecular flexibility index (Phi) is 4.50. The Morgan fingerprint density at radius 3 is 2.41 bits per heavy atom. The third kappa shape index (κ3) is 4.09. The molecule has 2 nitrogen and oxygen atoms in total. The number of rotatable bonds is 4. The van der Waals surface area contributed by atoms with Crippen molar-refractivity contribution in [2.45, 2.75) is 13.1 Å². The molecule has 0 fully saturated rings. The van der Waals surface area contributed by atoms with E-state index in [1.165, 1.54) is 14.7 Å². The molecule has 0 aliphatic carbocycles. The van der Waals surface area contributed by atoms with Crippen LogP contribution in [0.3, 0.4) is 0 Å². The van der Waals surface area contributed by atoms with Crippen molar-refractivity contribution in [3.63, 3.8) is 0 Å². The first-order valence-corrected chi connectivity index (χ1v) is 6.64. The third-order valence-electron chi connectivity index (χ3n) is 2.54. The van der Waals surface area contributed by atoms with Crippen LogP contribution < -0.4 is 0 Å². The number of hydrogen-bond acceptors (Lipinski definition) is 2. The Balaban J connectivity index is 1.93. The number of halogens is 1. The van der Waals surface area contributed by atoms with Gasteiger partial charge in [-0.1, -0.05) is 18.2 Å². The molecule has 2 aromatic rings. The number of nitrogens with zero attached hydrogens (tertiary/aromatic N) is 2. The lowest BCUT2D eigenvalue weighted by atomic mass is 10.2. The summed E-state index contributed by atoms with van der Waals surface area (Å²) in [5.74, 6) is 0. The molecule has 3 heteroatoms. The van der Waals surface area contributed by atoms with Gasteiger partial charge in [0.15, 0.2) is 0 Å². The van der Waals surface area contributed by atoms with Gasteiger partial charge in [-0.25, -0.2) is 0 Å². The highest BCUT2D eigenvalue weighted by Crippen LogP contribution is 2.10. The molecule has 0 aliphatic rings. The summed E-state index contributed by atoms with van der Waals surface area (Å²) >= 11 is 2.33. The summed E-state index contributed by atoms with van der Waals surface area (Å²) in [6.45, 7) is 1.89. The minimum Gasteiger partial charge on any atom is -0.298 e. The van der Waals surface area contributed by atoms with Crippen molar-refractivity contribution in [1.82, 2.24) is 9.88 Å². The molecule has 1 aromatic carbocycles. The van der Waals surface area contributed by atoms with E-state index in [-0.39, 0.29) is 0 Å². The first-order chi connectivity index (χ1) is 8.24. The molecule has 0 saturated heterocycles. The van der Waals surface area contributed by atoms with Gasteiger partial charge in [0, 0.05) is 29.1 Å². The van der Waals surface area contributed by atoms with Crippen molar-refractivity contribution < 1.29 is 0 Å². The lowest BCUT2D eigenvalue weighted by Crippen LogP contribution is -2.17. The highest BCUT2D eigenvalue weighted by atomic mass is 127. The molecule has 2 rings (SSSR count). The summed E-state index contributed by atoms with van der Waals surface area (Å²) < 4.78 is 1.28. The topological polar surface area (TPSA) is 16.1 Å². The molecule has 0 aliphatic heterocycles. The molecular formula is C14H15IN2. The predicted molar refractivity (Wildman–Crippen MR) is 78.6 cm³/mol. The Morgan fingerprint density at radius 2 is 1.76 bits per heavy atom. The zero-order chi connectivity index (χ0) is 12.1. The van der Waals surface area contributed by atoms with E-state index in [0.717, 1.165) is 13.1 Å². The smallest absolute Gasteiger partial charge is 0.0312 e. The second-order valence-electron chi connectivity index (χ2n) is 4.16. The van der Waals surface area contributed by atoms with E-state index >= 15 is 0 Å². The van der Waals surface area contributed by atoms with Gasteiger partial charge in [0.1, 0.15) is 0 Å². The van der Waals surface area contributed by atoms with Crippen molar-refractivity contribution in [2.24, 2.45) is 0 Å². The number of pyridine rings is 1. The Labute approximate surface area is 116 Å². The first kappa shape index (κ1) is 12.5. The lowest BCUT2D eigenvalue weighted by molar-refractivity contribution is 0.318. The minimum atomic E-state index is 0.930. The summed E-state index contributed by atoms with van der Waals surface area (Å²) in [7, 11) is 2.13. The fourth-order valence-corrected chi connectivity index (χ4v) is 2.12. The quantitative estimate of drug-likeness (QED) is 0.795. The highest BCUT2D eigenvalue weighted by molar-refractivity contribution is 14.1. The first-order valence-electron chi connectivity index (χ1n) is 5.56. The molecule has 0 amide bonds. The van der Waals surface area contributed by atoms with E-state index in [9.17, 15) is 0 Å². The normalized spacial score (nSPS) is 10.8. The maximum Gasteiger partial charge on any atom is 0.0312 e. The lowest BCUT2D eigenvalue weighted by Gasteiger charge is -2.16. The van der Waals surface area contributed by atoms with Gasteiger partial charge < -0.3 is 0 Å². The monoisotopic (exact) mass is 338 g/mol. The predicted octanol–water partition coefficient (Wildman–Crippen LogP) is 3.32. The number of benzene rings is 1. The maximum absolute atomic E-state index is 4.13. The zero-order valence-electron chi connectivity index (χ0n) is 9.81. The van der Waals surface area contributed by atoms with E-state index in [0.29, 0.717) is 0 Å². The van der Waals surface area contributed by atoms with E-state index in [1.807, 2.05) is 18.5 Å². The van der Waals surface area contributed by atoms with Gasteiger partial charge in [-0.05, 0) is 59.0 Å². The molecule has 0 unspecified atom stereocenters. The van der Waals surface area contributed by atoms with Crippen LogP contribution in [-0.2, 0) is 13.1 Å². The molecule has 0 N–H and O–H groups in total. The fourth-order valence-electron chi connectivity index (χ4n) is 1.76. The van der Waals surface area contributed by atoms with Crippen LogP contribution in [0.1, 0.15) is 11.1 Å². The van der Waals surface area contributed by atoms with Crippen molar-refractivity contribution in [1.29, 1.82) is 0 Å². The fraction of sp³-hybridized carbons (Fsp3) is 0.214. The molecule has 1 aromatic heterocycles. The second kappa shape index (κ2) is 6.12. The van der Waals surface area contributed by atoms with Crippen molar-refractivity contribution in [3.8, 4) is 0 Å². The van der Waals surface area contributed by atoms with Gasteiger partial charge in [0.05, 0.1) is 0 Å². The van der Waals surface area contributed by atoms with E-state index in [2.05, 4.69) is 69.9 Å². The molecule has 17 heavy (non-hydrogen) atoms. The van der Waals surface area contributed by atoms with Gasteiger partial charge in [-0.3, -0.25) is 9.88 Å². The summed E-state index contributed by atoms with van der Waals surface area (Å²) in [4.78, 5) is 6.42. The average Bonchev–Trinajstić information content (AvgIpc) is 2.33. The second-order valence-corrected chi connectivity index (χ2v) is 5.41. The van der Waals surface area contributed by atoms with Crippen molar-refractivity contribution >= 4 is 22.6 Å². The van der Waals surface area contributed by atoms with Gasteiger partial charge in [-0.15, -0.1) is 0 Å². The van der Waals surface area contributed by atoms with Gasteiger partial charge in [-0.2, -0.15) is 0 Å². The molecule has 0 spiro atoms. The zero-order valence-corrected chi connectivity index (χ0v) is 12.0. The largest absolute Gasteiger partial charge is 0.298 e. The molecule has 1 heterocycles. The molecule has 88 valence electrons. The standard InChI is InChI=1S/C14H15IN2/c1-17(11-13-3-2-8-16-9-13)10-12-4-6-14(15)7-5-12/h2-9H,10-11H2,1H3. The summed E-state index contributed by atoms with van der Waals surface area (Å²) in [6.07, 6.45) is 3.73. The SMILES string of the molecule is CN(Cc1ccc(I)cc1)Cc1cccnc1. The number of hydrogen-bond donors (Lipinski definition) is 0. The van der Waals surface area contributed by atoms with Crippen LogP contribution in [0, 0.1) is 3.57 Å². The average molecular weight is 338 g/mol. The van der Waals surface area contributed by atoms with E-state index < -0.39 is 0 Å². The van der Waals surface area contributed by atoms with Crippen molar-refractivity contribution in [3.05, 3.63) is 63.5 Å². The van der Waals surface area contributed by atoms with Crippen LogP contribution in [0.5, 0.6) is 0 Å². The minimum absolute atomic E-state index is 0.930. The summed E-state index contributed by atoms with van der Waals surface area (Å²) in [5, 5.41) is 0. The van der Waals surface area contributed by atoms with Crippen LogP contribution in [-0.4, -0.2) is 16.9 Å². The van der Waals surface area contributed by atoms with E-state index in [1.54, 1.807) is 0 Å². The van der Waals surface area contributed by atoms with Crippen LogP contribution in [0.4, 0.5) is 0 Å². The summed E-state index contributed by atoms with van der Waals surface area (Å²) in [5.41, 5.74) is 2.59. The van der Waals surface area contributed by atoms with E-state index in [4.69, 9.17) is 0 Å². The molecular weight excluding hydrogens is 323 g/mol. The Morgan fingerprint density at radius 1 is 1.06 bits per heavy atom.